The van der Waals surface area contributed by atoms with E-state index in [2.05, 4.69) is 36.4 Å². The fraction of sp³-hybridized carbons (Fsp3) is 0.538. The van der Waals surface area contributed by atoms with E-state index < -0.39 is 0 Å². The lowest BCUT2D eigenvalue weighted by molar-refractivity contribution is 0.643. The van der Waals surface area contributed by atoms with Crippen molar-refractivity contribution >= 4 is 0 Å². The summed E-state index contributed by atoms with van der Waals surface area (Å²) in [4.78, 5) is 0. The molecule has 2 aromatic rings. The summed E-state index contributed by atoms with van der Waals surface area (Å²) in [5.74, 6) is 0. The highest BCUT2D eigenvalue weighted by molar-refractivity contribution is 5.09. The third-order valence-corrected chi connectivity index (χ3v) is 3.06. The third kappa shape index (κ3) is 3.20. The van der Waals surface area contributed by atoms with E-state index in [1.54, 1.807) is 0 Å². The summed E-state index contributed by atoms with van der Waals surface area (Å²) in [6, 6.07) is 0.227. The molecule has 2 heterocycles. The Balaban J connectivity index is 1.97. The normalized spacial score (nSPS) is 12.8. The zero-order valence-electron chi connectivity index (χ0n) is 11.1. The van der Waals surface area contributed by atoms with E-state index in [0.29, 0.717) is 0 Å². The average molecular weight is 247 g/mol. The van der Waals surface area contributed by atoms with E-state index in [4.69, 9.17) is 5.73 Å². The molecule has 2 rings (SSSR count). The molecule has 5 nitrogen and oxygen atoms in total. The highest BCUT2D eigenvalue weighted by Crippen LogP contribution is 2.06. The Bertz CT molecular complexity index is 485. The molecule has 0 saturated carbocycles. The second-order valence-corrected chi connectivity index (χ2v) is 4.62. The molecule has 5 heteroatoms. The number of rotatable bonds is 6. The quantitative estimate of drug-likeness (QED) is 0.840. The van der Waals surface area contributed by atoms with E-state index in [9.17, 15) is 0 Å². The van der Waals surface area contributed by atoms with Crippen LogP contribution in [0.4, 0.5) is 0 Å². The molecule has 2 N–H and O–H groups in total. The number of hydrogen-bond donors (Lipinski definition) is 1. The van der Waals surface area contributed by atoms with Gasteiger partial charge in [0.25, 0.3) is 0 Å². The van der Waals surface area contributed by atoms with Gasteiger partial charge in [0, 0.05) is 30.5 Å². The van der Waals surface area contributed by atoms with Gasteiger partial charge in [-0.1, -0.05) is 6.92 Å². The molecule has 0 spiro atoms. The van der Waals surface area contributed by atoms with E-state index in [1.807, 2.05) is 21.8 Å². The van der Waals surface area contributed by atoms with Crippen molar-refractivity contribution in [1.29, 1.82) is 0 Å². The zero-order chi connectivity index (χ0) is 13.0. The van der Waals surface area contributed by atoms with Crippen molar-refractivity contribution in [2.45, 2.75) is 45.8 Å². The van der Waals surface area contributed by atoms with Crippen LogP contribution in [0.15, 0.2) is 24.8 Å². The van der Waals surface area contributed by atoms with Crippen molar-refractivity contribution < 1.29 is 0 Å². The Morgan fingerprint density at radius 3 is 2.44 bits per heavy atom. The maximum Gasteiger partial charge on any atom is 0.0690 e. The van der Waals surface area contributed by atoms with Gasteiger partial charge >= 0.3 is 0 Å². The van der Waals surface area contributed by atoms with Crippen molar-refractivity contribution in [3.8, 4) is 0 Å². The van der Waals surface area contributed by atoms with Crippen LogP contribution in [0, 0.1) is 0 Å². The van der Waals surface area contributed by atoms with Gasteiger partial charge in [0.05, 0.1) is 18.9 Å². The molecule has 98 valence electrons. The minimum Gasteiger partial charge on any atom is -0.327 e. The number of nitrogens with two attached hydrogens (primary N) is 1. The fourth-order valence-electron chi connectivity index (χ4n) is 1.89. The van der Waals surface area contributed by atoms with E-state index >= 15 is 0 Å². The van der Waals surface area contributed by atoms with Crippen LogP contribution in [0.2, 0.25) is 0 Å². The van der Waals surface area contributed by atoms with Gasteiger partial charge in [-0.05, 0) is 25.3 Å². The van der Waals surface area contributed by atoms with E-state index in [0.717, 1.165) is 25.9 Å². The predicted molar refractivity (Wildman–Crippen MR) is 71.2 cm³/mol. The molecule has 1 atom stereocenters. The number of aromatic nitrogens is 4. The molecule has 0 amide bonds. The average Bonchev–Trinajstić information content (AvgIpc) is 2.99. The molecule has 0 radical (unpaired) electrons. The van der Waals surface area contributed by atoms with Crippen LogP contribution in [-0.2, 0) is 19.5 Å². The lowest BCUT2D eigenvalue weighted by Gasteiger charge is -2.05. The summed E-state index contributed by atoms with van der Waals surface area (Å²) >= 11 is 0. The molecule has 18 heavy (non-hydrogen) atoms. The van der Waals surface area contributed by atoms with Gasteiger partial charge in [0.15, 0.2) is 0 Å². The first kappa shape index (κ1) is 12.8. The van der Waals surface area contributed by atoms with Crippen molar-refractivity contribution in [3.05, 3.63) is 35.9 Å². The van der Waals surface area contributed by atoms with Gasteiger partial charge in [0.2, 0.25) is 0 Å². The summed E-state index contributed by atoms with van der Waals surface area (Å²) in [6.45, 7) is 5.85. The van der Waals surface area contributed by atoms with E-state index in [-0.39, 0.29) is 6.04 Å². The molecule has 1 unspecified atom stereocenters. The summed E-state index contributed by atoms with van der Waals surface area (Å²) in [6.07, 6.45) is 9.81. The van der Waals surface area contributed by atoms with Gasteiger partial charge < -0.3 is 5.73 Å². The van der Waals surface area contributed by atoms with Gasteiger partial charge in [-0.15, -0.1) is 0 Å². The molecule has 0 aliphatic carbocycles. The van der Waals surface area contributed by atoms with Crippen LogP contribution >= 0.6 is 0 Å². The lowest BCUT2D eigenvalue weighted by Crippen LogP contribution is -2.21. The van der Waals surface area contributed by atoms with E-state index in [1.165, 1.54) is 11.1 Å². The molecule has 0 aliphatic heterocycles. The third-order valence-electron chi connectivity index (χ3n) is 3.06. The Hall–Kier alpha value is -1.62. The van der Waals surface area contributed by atoms with Crippen molar-refractivity contribution in [2.24, 2.45) is 5.73 Å². The topological polar surface area (TPSA) is 61.7 Å². The second-order valence-electron chi connectivity index (χ2n) is 4.62. The van der Waals surface area contributed by atoms with Crippen LogP contribution < -0.4 is 5.73 Å². The van der Waals surface area contributed by atoms with Crippen molar-refractivity contribution in [1.82, 2.24) is 19.6 Å². The molecule has 2 aromatic heterocycles. The first-order valence-electron chi connectivity index (χ1n) is 6.49. The molecule has 0 bridgehead atoms. The SMILES string of the molecule is CCC(N)Cc1cnn(Cc2cnn(CC)c2)c1. The lowest BCUT2D eigenvalue weighted by atomic mass is 10.1. The summed E-state index contributed by atoms with van der Waals surface area (Å²) < 4.78 is 3.86. The highest BCUT2D eigenvalue weighted by atomic mass is 15.3. The Kier molecular flexibility index (Phi) is 4.15. The molecule has 0 aromatic carbocycles. The molecule has 0 saturated heterocycles. The summed E-state index contributed by atoms with van der Waals surface area (Å²) in [7, 11) is 0. The van der Waals surface area contributed by atoms with Crippen molar-refractivity contribution in [2.75, 3.05) is 0 Å². The van der Waals surface area contributed by atoms with Crippen molar-refractivity contribution in [3.63, 3.8) is 0 Å². The van der Waals surface area contributed by atoms with Gasteiger partial charge in [0.1, 0.15) is 0 Å². The van der Waals surface area contributed by atoms with Gasteiger partial charge in [-0.2, -0.15) is 10.2 Å². The zero-order valence-corrected chi connectivity index (χ0v) is 11.1. The maximum atomic E-state index is 5.94. The standard InChI is InChI=1S/C13H21N5/c1-3-13(14)5-11-6-16-18(8-11)10-12-7-15-17(4-2)9-12/h6-9,13H,3-5,10,14H2,1-2H3. The first-order chi connectivity index (χ1) is 8.71. The summed E-state index contributed by atoms with van der Waals surface area (Å²) in [5.41, 5.74) is 8.31. The number of nitrogens with zero attached hydrogens (tertiary/aromatic N) is 4. The maximum absolute atomic E-state index is 5.94. The van der Waals surface area contributed by atoms with Crippen LogP contribution in [0.3, 0.4) is 0 Å². The number of hydrogen-bond acceptors (Lipinski definition) is 3. The smallest absolute Gasteiger partial charge is 0.0690 e. The Morgan fingerprint density at radius 2 is 1.78 bits per heavy atom. The van der Waals surface area contributed by atoms with Crippen LogP contribution in [-0.4, -0.2) is 25.6 Å². The highest BCUT2D eigenvalue weighted by Gasteiger charge is 2.05. The second kappa shape index (κ2) is 5.82. The molecular formula is C13H21N5. The van der Waals surface area contributed by atoms with Gasteiger partial charge in [-0.3, -0.25) is 9.36 Å². The summed E-state index contributed by atoms with van der Waals surface area (Å²) in [5, 5.41) is 8.61. The fourth-order valence-corrected chi connectivity index (χ4v) is 1.89. The minimum absolute atomic E-state index is 0.227. The van der Waals surface area contributed by atoms with Crippen LogP contribution in [0.25, 0.3) is 0 Å². The monoisotopic (exact) mass is 247 g/mol. The van der Waals surface area contributed by atoms with Crippen LogP contribution in [0.1, 0.15) is 31.4 Å². The predicted octanol–water partition coefficient (Wildman–Crippen LogP) is 1.43. The Morgan fingerprint density at radius 1 is 1.11 bits per heavy atom. The number of aryl methyl sites for hydroxylation is 1. The van der Waals surface area contributed by atoms with Crippen LogP contribution in [0.5, 0.6) is 0 Å². The first-order valence-corrected chi connectivity index (χ1v) is 6.49. The molecule has 0 aliphatic rings. The Labute approximate surface area is 108 Å². The minimum atomic E-state index is 0.227. The van der Waals surface area contributed by atoms with Gasteiger partial charge in [-0.25, -0.2) is 0 Å². The largest absolute Gasteiger partial charge is 0.327 e. The molecule has 0 fully saturated rings. The molecular weight excluding hydrogens is 226 g/mol.